The highest BCUT2D eigenvalue weighted by Gasteiger charge is 2.40. The van der Waals surface area contributed by atoms with Gasteiger partial charge < -0.3 is 10.6 Å². The zero-order valence-electron chi connectivity index (χ0n) is 10.7. The first-order chi connectivity index (χ1) is 9.84. The van der Waals surface area contributed by atoms with E-state index in [0.717, 1.165) is 25.5 Å². The van der Waals surface area contributed by atoms with E-state index in [2.05, 4.69) is 20.6 Å². The van der Waals surface area contributed by atoms with Gasteiger partial charge in [-0.3, -0.25) is 4.79 Å². The number of rotatable bonds is 2. The average molecular weight is 321 g/mol. The number of alkyl halides is 3. The highest BCUT2D eigenvalue weighted by atomic mass is 35.5. The smallest absolute Gasteiger partial charge is 0.345 e. The van der Waals surface area contributed by atoms with Crippen LogP contribution in [0.15, 0.2) is 6.20 Å². The van der Waals surface area contributed by atoms with Gasteiger partial charge >= 0.3 is 6.18 Å². The molecule has 1 aromatic heterocycles. The minimum atomic E-state index is -4.72. The normalized spacial score (nSPS) is 27.9. The molecule has 0 radical (unpaired) electrons. The molecule has 3 rings (SSSR count). The molecule has 1 aromatic rings. The van der Waals surface area contributed by atoms with Gasteiger partial charge in [0.1, 0.15) is 0 Å². The summed E-state index contributed by atoms with van der Waals surface area (Å²) in [5, 5.41) is 5.39. The van der Waals surface area contributed by atoms with Gasteiger partial charge in [0.15, 0.2) is 5.69 Å². The number of nitrogens with one attached hydrogen (secondary N) is 2. The van der Waals surface area contributed by atoms with Crippen LogP contribution in [0.4, 0.5) is 13.2 Å². The molecular formula is C12H12ClF3N4O. The van der Waals surface area contributed by atoms with Crippen molar-refractivity contribution in [1.82, 2.24) is 20.6 Å². The largest absolute Gasteiger partial charge is 0.434 e. The molecule has 5 nitrogen and oxygen atoms in total. The number of halogens is 4. The Morgan fingerprint density at radius 3 is 2.76 bits per heavy atom. The summed E-state index contributed by atoms with van der Waals surface area (Å²) in [7, 11) is 0. The van der Waals surface area contributed by atoms with Crippen molar-refractivity contribution < 1.29 is 18.0 Å². The monoisotopic (exact) mass is 320 g/mol. The topological polar surface area (TPSA) is 66.9 Å². The maximum Gasteiger partial charge on any atom is 0.434 e. The molecule has 2 aliphatic heterocycles. The lowest BCUT2D eigenvalue weighted by Gasteiger charge is -2.21. The van der Waals surface area contributed by atoms with E-state index >= 15 is 0 Å². The van der Waals surface area contributed by atoms with E-state index in [1.807, 2.05) is 0 Å². The average Bonchev–Trinajstić information content (AvgIpc) is 3.00. The van der Waals surface area contributed by atoms with Gasteiger partial charge in [0.2, 0.25) is 5.82 Å². The molecule has 3 atom stereocenters. The van der Waals surface area contributed by atoms with E-state index < -0.39 is 28.6 Å². The number of hydrogen-bond acceptors (Lipinski definition) is 4. The third-order valence-corrected chi connectivity index (χ3v) is 4.11. The fourth-order valence-corrected chi connectivity index (χ4v) is 3.09. The number of fused-ring (bicyclic) bond motifs is 2. The first-order valence-corrected chi connectivity index (χ1v) is 6.89. The Bertz CT molecular complexity index is 580. The summed E-state index contributed by atoms with van der Waals surface area (Å²) in [5.41, 5.74) is -1.30. The van der Waals surface area contributed by atoms with Crippen molar-refractivity contribution in [2.75, 3.05) is 0 Å². The molecule has 1 amide bonds. The molecule has 2 saturated heterocycles. The molecule has 2 N–H and O–H groups in total. The zero-order valence-corrected chi connectivity index (χ0v) is 11.5. The first kappa shape index (κ1) is 14.5. The third kappa shape index (κ3) is 2.82. The minimum Gasteiger partial charge on any atom is -0.345 e. The van der Waals surface area contributed by atoms with Crippen LogP contribution in [0.2, 0.25) is 5.02 Å². The van der Waals surface area contributed by atoms with Crippen molar-refractivity contribution in [3.63, 3.8) is 0 Å². The number of carbonyl (C=O) groups excluding carboxylic acids is 1. The summed E-state index contributed by atoms with van der Waals surface area (Å²) in [5.74, 6) is -1.23. The molecule has 0 saturated carbocycles. The number of hydrogen-bond donors (Lipinski definition) is 2. The van der Waals surface area contributed by atoms with Crippen molar-refractivity contribution in [3.8, 4) is 0 Å². The van der Waals surface area contributed by atoms with E-state index in [4.69, 9.17) is 11.6 Å². The highest BCUT2D eigenvalue weighted by Crippen LogP contribution is 2.32. The summed E-state index contributed by atoms with van der Waals surface area (Å²) in [4.78, 5) is 18.8. The summed E-state index contributed by atoms with van der Waals surface area (Å²) in [6.07, 6.45) is -1.14. The minimum absolute atomic E-state index is 0.0927. The Morgan fingerprint density at radius 2 is 2.19 bits per heavy atom. The summed E-state index contributed by atoms with van der Waals surface area (Å²) in [6.45, 7) is 0. The van der Waals surface area contributed by atoms with E-state index in [9.17, 15) is 18.0 Å². The van der Waals surface area contributed by atoms with Gasteiger partial charge in [-0.2, -0.15) is 13.2 Å². The van der Waals surface area contributed by atoms with Gasteiger partial charge in [0, 0.05) is 18.1 Å². The van der Waals surface area contributed by atoms with Gasteiger partial charge in [0.25, 0.3) is 5.91 Å². The van der Waals surface area contributed by atoms with Crippen molar-refractivity contribution in [2.45, 2.75) is 43.6 Å². The molecule has 0 spiro atoms. The highest BCUT2D eigenvalue weighted by molar-refractivity contribution is 6.31. The van der Waals surface area contributed by atoms with E-state index in [0.29, 0.717) is 6.04 Å². The summed E-state index contributed by atoms with van der Waals surface area (Å²) < 4.78 is 38.1. The fraction of sp³-hybridized carbons (Fsp3) is 0.583. The van der Waals surface area contributed by atoms with Crippen molar-refractivity contribution in [2.24, 2.45) is 0 Å². The second-order valence-electron chi connectivity index (χ2n) is 5.25. The lowest BCUT2D eigenvalue weighted by Crippen LogP contribution is -2.43. The maximum atomic E-state index is 12.7. The predicted molar refractivity (Wildman–Crippen MR) is 67.9 cm³/mol. The lowest BCUT2D eigenvalue weighted by molar-refractivity contribution is -0.141. The summed E-state index contributed by atoms with van der Waals surface area (Å²) >= 11 is 5.42. The zero-order chi connectivity index (χ0) is 15.2. The van der Waals surface area contributed by atoms with Crippen LogP contribution in [0.1, 0.15) is 35.6 Å². The standard InChI is InChI=1S/C12H12ClF3N4O/c13-6-4-17-10(20-9(6)12(14,15)16)11(21)19-8-3-5-1-2-7(8)18-5/h4-5,7-8,18H,1-3H2,(H,19,21)/t5-,7+,8-/m1/s1. The number of carbonyl (C=O) groups is 1. The van der Waals surface area contributed by atoms with Gasteiger partial charge in [-0.1, -0.05) is 11.6 Å². The molecule has 2 bridgehead atoms. The van der Waals surface area contributed by atoms with Crippen molar-refractivity contribution in [1.29, 1.82) is 0 Å². The van der Waals surface area contributed by atoms with Gasteiger partial charge in [-0.05, 0) is 19.3 Å². The molecule has 3 heterocycles. The Kier molecular flexibility index (Phi) is 3.53. The Labute approximate surface area is 123 Å². The predicted octanol–water partition coefficient (Wildman–Crippen LogP) is 1.77. The maximum absolute atomic E-state index is 12.7. The number of nitrogens with zero attached hydrogens (tertiary/aromatic N) is 2. The van der Waals surface area contributed by atoms with E-state index in [1.54, 1.807) is 0 Å². The number of amides is 1. The van der Waals surface area contributed by atoms with Gasteiger partial charge in [0.05, 0.1) is 11.2 Å². The van der Waals surface area contributed by atoms with Crippen molar-refractivity contribution in [3.05, 3.63) is 22.7 Å². The fourth-order valence-electron chi connectivity index (χ4n) is 2.89. The van der Waals surface area contributed by atoms with Crippen LogP contribution < -0.4 is 10.6 Å². The van der Waals surface area contributed by atoms with E-state index in [1.165, 1.54) is 0 Å². The molecule has 114 valence electrons. The Morgan fingerprint density at radius 1 is 1.43 bits per heavy atom. The molecular weight excluding hydrogens is 309 g/mol. The van der Waals surface area contributed by atoms with Crippen LogP contribution in [0.5, 0.6) is 0 Å². The third-order valence-electron chi connectivity index (χ3n) is 3.83. The molecule has 0 aliphatic carbocycles. The van der Waals surface area contributed by atoms with Crippen molar-refractivity contribution >= 4 is 17.5 Å². The first-order valence-electron chi connectivity index (χ1n) is 6.51. The number of aromatic nitrogens is 2. The molecule has 2 fully saturated rings. The molecule has 21 heavy (non-hydrogen) atoms. The Balaban J connectivity index is 1.76. The van der Waals surface area contributed by atoms with Crippen LogP contribution in [0.3, 0.4) is 0 Å². The van der Waals surface area contributed by atoms with Gasteiger partial charge in [-0.15, -0.1) is 0 Å². The van der Waals surface area contributed by atoms with E-state index in [-0.39, 0.29) is 12.1 Å². The second kappa shape index (κ2) is 5.10. The molecule has 2 aliphatic rings. The summed E-state index contributed by atoms with van der Waals surface area (Å²) in [6, 6.07) is 0.454. The SMILES string of the molecule is O=C(N[C@@H]1C[C@H]2CC[C@@H]1N2)c1ncc(Cl)c(C(F)(F)F)n1. The molecule has 9 heteroatoms. The van der Waals surface area contributed by atoms with Crippen LogP contribution >= 0.6 is 11.6 Å². The van der Waals surface area contributed by atoms with Crippen LogP contribution in [0.25, 0.3) is 0 Å². The van der Waals surface area contributed by atoms with Crippen LogP contribution in [0, 0.1) is 0 Å². The molecule has 0 unspecified atom stereocenters. The Hall–Kier alpha value is -1.41. The van der Waals surface area contributed by atoms with Gasteiger partial charge in [-0.25, -0.2) is 9.97 Å². The van der Waals surface area contributed by atoms with Crippen LogP contribution in [-0.2, 0) is 6.18 Å². The van der Waals surface area contributed by atoms with Crippen LogP contribution in [-0.4, -0.2) is 34.0 Å². The lowest BCUT2D eigenvalue weighted by atomic mass is 9.95. The second-order valence-corrected chi connectivity index (χ2v) is 5.66. The quantitative estimate of drug-likeness (QED) is 0.871. The molecule has 0 aromatic carbocycles.